The molecule has 0 atom stereocenters. The van der Waals surface area contributed by atoms with Crippen LogP contribution in [-0.2, 0) is 9.59 Å². The minimum Gasteiger partial charge on any atom is -0.329 e. The van der Waals surface area contributed by atoms with Crippen LogP contribution >= 0.6 is 12.4 Å². The largest absolute Gasteiger partial charge is 0.329 e. The summed E-state index contributed by atoms with van der Waals surface area (Å²) in [6.45, 7) is 8.29. The minimum absolute atomic E-state index is 0. The minimum atomic E-state index is -0.524. The Morgan fingerprint density at radius 3 is 1.88 bits per heavy atom. The van der Waals surface area contributed by atoms with E-state index in [1.807, 2.05) is 27.7 Å². The van der Waals surface area contributed by atoms with Gasteiger partial charge in [0.25, 0.3) is 0 Å². The fraction of sp³-hybridized carbons (Fsp3) is 0.556. The van der Waals surface area contributed by atoms with Crippen LogP contribution in [0.15, 0.2) is 24.3 Å². The molecule has 0 heterocycles. The van der Waals surface area contributed by atoms with E-state index >= 15 is 0 Å². The van der Waals surface area contributed by atoms with Crippen molar-refractivity contribution in [1.82, 2.24) is 0 Å². The summed E-state index contributed by atoms with van der Waals surface area (Å²) in [6, 6.07) is 7.15. The van der Waals surface area contributed by atoms with Crippen molar-refractivity contribution in [2.45, 2.75) is 47.0 Å². The zero-order valence-electron chi connectivity index (χ0n) is 15.0. The maximum absolute atomic E-state index is 12.5. The van der Waals surface area contributed by atoms with E-state index < -0.39 is 5.41 Å². The topological polar surface area (TPSA) is 84.2 Å². The van der Waals surface area contributed by atoms with Gasteiger partial charge in [-0.15, -0.1) is 12.4 Å². The van der Waals surface area contributed by atoms with Crippen molar-refractivity contribution in [3.8, 4) is 0 Å². The molecule has 24 heavy (non-hydrogen) atoms. The zero-order chi connectivity index (χ0) is 17.5. The quantitative estimate of drug-likeness (QED) is 0.663. The molecule has 0 aliphatic heterocycles. The van der Waals surface area contributed by atoms with Gasteiger partial charge in [-0.1, -0.05) is 27.7 Å². The number of rotatable bonds is 8. The second-order valence-electron chi connectivity index (χ2n) is 6.37. The molecule has 0 aromatic heterocycles. The van der Waals surface area contributed by atoms with Crippen LogP contribution in [0, 0.1) is 11.3 Å². The van der Waals surface area contributed by atoms with Gasteiger partial charge in [0, 0.05) is 24.3 Å². The normalized spacial score (nSPS) is 10.9. The molecule has 6 heteroatoms. The summed E-state index contributed by atoms with van der Waals surface area (Å²) in [4.78, 5) is 24.2. The predicted molar refractivity (Wildman–Crippen MR) is 102 cm³/mol. The fourth-order valence-corrected chi connectivity index (χ4v) is 2.44. The molecule has 0 radical (unpaired) electrons. The van der Waals surface area contributed by atoms with Crippen LogP contribution < -0.4 is 16.4 Å². The summed E-state index contributed by atoms with van der Waals surface area (Å²) in [5.41, 5.74) is 6.70. The van der Waals surface area contributed by atoms with Crippen molar-refractivity contribution in [3.63, 3.8) is 0 Å². The monoisotopic (exact) mass is 355 g/mol. The summed E-state index contributed by atoms with van der Waals surface area (Å²) >= 11 is 0. The smallest absolute Gasteiger partial charge is 0.231 e. The highest BCUT2D eigenvalue weighted by Gasteiger charge is 2.33. The van der Waals surface area contributed by atoms with Crippen LogP contribution in [-0.4, -0.2) is 18.4 Å². The van der Waals surface area contributed by atoms with Crippen molar-refractivity contribution in [3.05, 3.63) is 24.3 Å². The molecule has 0 bridgehead atoms. The molecule has 0 fully saturated rings. The SMILES string of the molecule is CCC(CC)(CN)C(=O)Nc1ccc(NC(=O)CC(C)C)cc1.Cl. The molecule has 0 aliphatic rings. The van der Waals surface area contributed by atoms with Gasteiger partial charge in [-0.3, -0.25) is 9.59 Å². The van der Waals surface area contributed by atoms with E-state index in [2.05, 4.69) is 10.6 Å². The van der Waals surface area contributed by atoms with Crippen molar-refractivity contribution in [2.24, 2.45) is 17.1 Å². The second-order valence-corrected chi connectivity index (χ2v) is 6.37. The molecule has 0 unspecified atom stereocenters. The molecule has 1 rings (SSSR count). The standard InChI is InChI=1S/C18H29N3O2.ClH/c1-5-18(6-2,12-19)17(23)21-15-9-7-14(8-10-15)20-16(22)11-13(3)4;/h7-10,13H,5-6,11-12,19H2,1-4H3,(H,20,22)(H,21,23);1H. The molecule has 0 aliphatic carbocycles. The Kier molecular flexibility index (Phi) is 9.63. The molecule has 0 saturated heterocycles. The number of carbonyl (C=O) groups is 2. The van der Waals surface area contributed by atoms with Crippen LogP contribution in [0.5, 0.6) is 0 Å². The third kappa shape index (κ3) is 6.13. The Bertz CT molecular complexity index is 517. The number of amides is 2. The van der Waals surface area contributed by atoms with Crippen LogP contribution in [0.4, 0.5) is 11.4 Å². The lowest BCUT2D eigenvalue weighted by molar-refractivity contribution is -0.125. The highest BCUT2D eigenvalue weighted by atomic mass is 35.5. The van der Waals surface area contributed by atoms with Crippen LogP contribution in [0.3, 0.4) is 0 Å². The molecule has 1 aromatic rings. The summed E-state index contributed by atoms with van der Waals surface area (Å²) in [5.74, 6) is 0.263. The van der Waals surface area contributed by atoms with Gasteiger partial charge in [0.1, 0.15) is 0 Å². The number of nitrogens with one attached hydrogen (secondary N) is 2. The lowest BCUT2D eigenvalue weighted by Crippen LogP contribution is -2.41. The first-order chi connectivity index (χ1) is 10.9. The highest BCUT2D eigenvalue weighted by Crippen LogP contribution is 2.27. The Morgan fingerprint density at radius 2 is 1.50 bits per heavy atom. The lowest BCUT2D eigenvalue weighted by Gasteiger charge is -2.28. The first kappa shape index (κ1) is 22.4. The van der Waals surface area contributed by atoms with Crippen LogP contribution in [0.2, 0.25) is 0 Å². The average Bonchev–Trinajstić information content (AvgIpc) is 2.51. The van der Waals surface area contributed by atoms with Crippen molar-refractivity contribution >= 4 is 35.6 Å². The number of halogens is 1. The highest BCUT2D eigenvalue weighted by molar-refractivity contribution is 5.96. The lowest BCUT2D eigenvalue weighted by atomic mass is 9.81. The van der Waals surface area contributed by atoms with Crippen LogP contribution in [0.25, 0.3) is 0 Å². The summed E-state index contributed by atoms with van der Waals surface area (Å²) in [7, 11) is 0. The Hall–Kier alpha value is -1.59. The zero-order valence-corrected chi connectivity index (χ0v) is 15.8. The van der Waals surface area contributed by atoms with E-state index in [1.165, 1.54) is 0 Å². The Balaban J connectivity index is 0.00000529. The second kappa shape index (κ2) is 10.3. The first-order valence-corrected chi connectivity index (χ1v) is 8.28. The van der Waals surface area contributed by atoms with E-state index in [9.17, 15) is 9.59 Å². The molecular weight excluding hydrogens is 326 g/mol. The van der Waals surface area contributed by atoms with E-state index in [1.54, 1.807) is 24.3 Å². The maximum atomic E-state index is 12.5. The van der Waals surface area contributed by atoms with Gasteiger partial charge in [0.2, 0.25) is 11.8 Å². The van der Waals surface area contributed by atoms with Crippen molar-refractivity contribution < 1.29 is 9.59 Å². The summed E-state index contributed by atoms with van der Waals surface area (Å²) in [5, 5.41) is 5.76. The van der Waals surface area contributed by atoms with Crippen molar-refractivity contribution in [1.29, 1.82) is 0 Å². The van der Waals surface area contributed by atoms with Gasteiger partial charge in [-0.25, -0.2) is 0 Å². The average molecular weight is 356 g/mol. The number of hydrogen-bond donors (Lipinski definition) is 3. The first-order valence-electron chi connectivity index (χ1n) is 8.28. The van der Waals surface area contributed by atoms with Gasteiger partial charge >= 0.3 is 0 Å². The number of hydrogen-bond acceptors (Lipinski definition) is 3. The third-order valence-electron chi connectivity index (χ3n) is 4.25. The predicted octanol–water partition coefficient (Wildman–Crippen LogP) is 3.80. The number of benzene rings is 1. The molecule has 4 N–H and O–H groups in total. The van der Waals surface area contributed by atoms with E-state index in [0.717, 1.165) is 5.69 Å². The molecule has 0 saturated carbocycles. The van der Waals surface area contributed by atoms with Gasteiger partial charge in [-0.05, 0) is 43.0 Å². The number of carbonyl (C=O) groups excluding carboxylic acids is 2. The third-order valence-corrected chi connectivity index (χ3v) is 4.25. The molecule has 136 valence electrons. The van der Waals surface area contributed by atoms with Gasteiger partial charge in [0.15, 0.2) is 0 Å². The number of nitrogens with two attached hydrogens (primary N) is 1. The fourth-order valence-electron chi connectivity index (χ4n) is 2.44. The van der Waals surface area contributed by atoms with Crippen LogP contribution in [0.1, 0.15) is 47.0 Å². The molecule has 1 aromatic carbocycles. The Morgan fingerprint density at radius 1 is 1.04 bits per heavy atom. The maximum Gasteiger partial charge on any atom is 0.231 e. The summed E-state index contributed by atoms with van der Waals surface area (Å²) in [6.07, 6.45) is 1.90. The Labute approximate surface area is 151 Å². The van der Waals surface area contributed by atoms with Crippen molar-refractivity contribution in [2.75, 3.05) is 17.2 Å². The van der Waals surface area contributed by atoms with Gasteiger partial charge in [0.05, 0.1) is 5.41 Å². The van der Waals surface area contributed by atoms with E-state index in [0.29, 0.717) is 37.4 Å². The number of anilines is 2. The summed E-state index contributed by atoms with van der Waals surface area (Å²) < 4.78 is 0. The molecule has 5 nitrogen and oxygen atoms in total. The molecular formula is C18H30ClN3O2. The molecule has 0 spiro atoms. The van der Waals surface area contributed by atoms with Gasteiger partial charge in [-0.2, -0.15) is 0 Å². The molecule has 2 amide bonds. The van der Waals surface area contributed by atoms with E-state index in [4.69, 9.17) is 5.73 Å². The van der Waals surface area contributed by atoms with E-state index in [-0.39, 0.29) is 24.2 Å². The van der Waals surface area contributed by atoms with Gasteiger partial charge < -0.3 is 16.4 Å².